The van der Waals surface area contributed by atoms with Gasteiger partial charge in [-0.15, -0.1) is 0 Å². The molecule has 1 aliphatic carbocycles. The monoisotopic (exact) mass is 407 g/mol. The molecule has 2 saturated heterocycles. The molecule has 2 aliphatic heterocycles. The zero-order chi connectivity index (χ0) is 20.6. The van der Waals surface area contributed by atoms with Crippen LogP contribution in [0.5, 0.6) is 0 Å². The number of likely N-dealkylation sites (tertiary alicyclic amines) is 1. The molecule has 5 nitrogen and oxygen atoms in total. The van der Waals surface area contributed by atoms with Gasteiger partial charge in [0.05, 0.1) is 6.26 Å². The van der Waals surface area contributed by atoms with Crippen molar-refractivity contribution in [1.82, 2.24) is 14.7 Å². The Bertz CT molecular complexity index is 870. The lowest BCUT2D eigenvalue weighted by atomic mass is 9.90. The van der Waals surface area contributed by atoms with E-state index in [1.165, 1.54) is 11.1 Å². The van der Waals surface area contributed by atoms with Crippen LogP contribution >= 0.6 is 0 Å². The maximum absolute atomic E-state index is 13.1. The Kier molecular flexibility index (Phi) is 5.42. The molecule has 2 aromatic rings. The van der Waals surface area contributed by atoms with Crippen LogP contribution in [0.4, 0.5) is 0 Å². The molecule has 1 saturated carbocycles. The Balaban J connectivity index is 1.18. The molecule has 30 heavy (non-hydrogen) atoms. The summed E-state index contributed by atoms with van der Waals surface area (Å²) >= 11 is 0. The topological polar surface area (TPSA) is 39.9 Å². The molecule has 1 unspecified atom stereocenters. The number of likely N-dealkylation sites (N-methyl/N-ethyl adjacent to an activating group) is 1. The number of hydrogen-bond acceptors (Lipinski definition) is 4. The van der Waals surface area contributed by atoms with Crippen LogP contribution in [0, 0.1) is 11.3 Å². The third-order valence-electron chi connectivity index (χ3n) is 7.57. The molecular formula is C25H33N3O2. The Hall–Kier alpha value is -2.11. The van der Waals surface area contributed by atoms with Gasteiger partial charge >= 0.3 is 0 Å². The smallest absolute Gasteiger partial charge is 0.226 e. The number of amides is 1. The molecular weight excluding hydrogens is 374 g/mol. The van der Waals surface area contributed by atoms with Crippen molar-refractivity contribution in [3.8, 4) is 11.3 Å². The van der Waals surface area contributed by atoms with Crippen LogP contribution in [0.25, 0.3) is 11.3 Å². The van der Waals surface area contributed by atoms with E-state index >= 15 is 0 Å². The lowest BCUT2D eigenvalue weighted by molar-refractivity contribution is -0.133. The summed E-state index contributed by atoms with van der Waals surface area (Å²) in [6.07, 6.45) is 6.25. The summed E-state index contributed by atoms with van der Waals surface area (Å²) in [5.74, 6) is 1.65. The van der Waals surface area contributed by atoms with E-state index in [2.05, 4.69) is 46.0 Å². The Morgan fingerprint density at radius 3 is 2.67 bits per heavy atom. The SMILES string of the molecule is CN1CCCN(C(=O)C2CC23CCN(Cc2ccccc2-c2ccco2)CC3)CC1. The number of piperidine rings is 1. The maximum atomic E-state index is 13.1. The minimum atomic E-state index is 0.276. The number of benzene rings is 1. The standard InChI is InChI=1S/C25H33N3O2/c1-26-11-5-12-28(16-15-26)24(29)22-18-25(22)9-13-27(14-10-25)19-20-6-2-3-7-21(20)23-8-4-17-30-23/h2-4,6-8,17,22H,5,9-16,18-19H2,1H3. The molecule has 1 atom stereocenters. The molecule has 1 aromatic heterocycles. The lowest BCUT2D eigenvalue weighted by Gasteiger charge is -2.33. The number of hydrogen-bond donors (Lipinski definition) is 0. The molecule has 3 heterocycles. The molecule has 3 aliphatic rings. The van der Waals surface area contributed by atoms with E-state index in [0.29, 0.717) is 5.91 Å². The van der Waals surface area contributed by atoms with Crippen molar-refractivity contribution in [2.45, 2.75) is 32.2 Å². The quantitative estimate of drug-likeness (QED) is 0.775. The summed E-state index contributed by atoms with van der Waals surface area (Å²) < 4.78 is 5.64. The molecule has 5 heteroatoms. The molecule has 0 bridgehead atoms. The predicted molar refractivity (Wildman–Crippen MR) is 118 cm³/mol. The number of furan rings is 1. The first kappa shape index (κ1) is 19.8. The average molecular weight is 408 g/mol. The fourth-order valence-electron chi connectivity index (χ4n) is 5.46. The summed E-state index contributed by atoms with van der Waals surface area (Å²) in [4.78, 5) is 20.2. The first-order valence-electron chi connectivity index (χ1n) is 11.5. The molecule has 3 fully saturated rings. The number of carbonyl (C=O) groups is 1. The summed E-state index contributed by atoms with van der Waals surface area (Å²) in [6, 6.07) is 12.5. The third kappa shape index (κ3) is 3.93. The van der Waals surface area contributed by atoms with Crippen molar-refractivity contribution >= 4 is 5.91 Å². The highest BCUT2D eigenvalue weighted by Gasteiger charge is 2.59. The summed E-state index contributed by atoms with van der Waals surface area (Å²) in [6.45, 7) is 7.06. The minimum Gasteiger partial charge on any atom is -0.464 e. The van der Waals surface area contributed by atoms with Crippen molar-refractivity contribution in [2.24, 2.45) is 11.3 Å². The van der Waals surface area contributed by atoms with E-state index in [9.17, 15) is 4.79 Å². The lowest BCUT2D eigenvalue weighted by Crippen LogP contribution is -2.39. The summed E-state index contributed by atoms with van der Waals surface area (Å²) in [5.41, 5.74) is 2.79. The van der Waals surface area contributed by atoms with Gasteiger partial charge in [0.15, 0.2) is 0 Å². The Labute approximate surface area is 179 Å². The molecule has 1 amide bonds. The van der Waals surface area contributed by atoms with Crippen LogP contribution in [0.1, 0.15) is 31.2 Å². The van der Waals surface area contributed by atoms with Gasteiger partial charge in [-0.1, -0.05) is 24.3 Å². The van der Waals surface area contributed by atoms with Crippen molar-refractivity contribution in [1.29, 1.82) is 0 Å². The minimum absolute atomic E-state index is 0.276. The van der Waals surface area contributed by atoms with E-state index in [1.807, 2.05) is 12.1 Å². The second kappa shape index (κ2) is 8.20. The van der Waals surface area contributed by atoms with Crippen LogP contribution in [-0.2, 0) is 11.3 Å². The van der Waals surface area contributed by atoms with Gasteiger partial charge < -0.3 is 14.2 Å². The van der Waals surface area contributed by atoms with Crippen molar-refractivity contribution in [3.05, 3.63) is 48.2 Å². The maximum Gasteiger partial charge on any atom is 0.226 e. The third-order valence-corrected chi connectivity index (χ3v) is 7.57. The van der Waals surface area contributed by atoms with Gasteiger partial charge in [-0.25, -0.2) is 0 Å². The van der Waals surface area contributed by atoms with Gasteiger partial charge in [0.25, 0.3) is 0 Å². The molecule has 1 spiro atoms. The van der Waals surface area contributed by atoms with Crippen molar-refractivity contribution in [2.75, 3.05) is 46.3 Å². The Morgan fingerprint density at radius 2 is 1.87 bits per heavy atom. The largest absolute Gasteiger partial charge is 0.464 e. The van der Waals surface area contributed by atoms with Crippen LogP contribution in [0.3, 0.4) is 0 Å². The molecule has 1 aromatic carbocycles. The van der Waals surface area contributed by atoms with Crippen molar-refractivity contribution in [3.63, 3.8) is 0 Å². The van der Waals surface area contributed by atoms with E-state index in [0.717, 1.165) is 77.3 Å². The molecule has 0 N–H and O–H groups in total. The second-order valence-electron chi connectivity index (χ2n) is 9.51. The fourth-order valence-corrected chi connectivity index (χ4v) is 5.46. The number of nitrogens with zero attached hydrogens (tertiary/aromatic N) is 3. The number of carbonyl (C=O) groups excluding carboxylic acids is 1. The predicted octanol–water partition coefficient (Wildman–Crippen LogP) is 3.71. The zero-order valence-electron chi connectivity index (χ0n) is 18.1. The molecule has 0 radical (unpaired) electrons. The van der Waals surface area contributed by atoms with Gasteiger partial charge in [-0.05, 0) is 75.5 Å². The summed E-state index contributed by atoms with van der Waals surface area (Å²) in [7, 11) is 2.16. The first-order valence-corrected chi connectivity index (χ1v) is 11.5. The van der Waals surface area contributed by atoms with E-state index in [-0.39, 0.29) is 11.3 Å². The number of rotatable bonds is 4. The van der Waals surface area contributed by atoms with E-state index < -0.39 is 0 Å². The van der Waals surface area contributed by atoms with Gasteiger partial charge in [-0.3, -0.25) is 9.69 Å². The highest BCUT2D eigenvalue weighted by atomic mass is 16.3. The van der Waals surface area contributed by atoms with Crippen LogP contribution in [-0.4, -0.2) is 66.9 Å². The van der Waals surface area contributed by atoms with Gasteiger partial charge in [0, 0.05) is 37.7 Å². The van der Waals surface area contributed by atoms with E-state index in [1.54, 1.807) is 6.26 Å². The first-order chi connectivity index (χ1) is 14.6. The van der Waals surface area contributed by atoms with E-state index in [4.69, 9.17) is 4.42 Å². The second-order valence-corrected chi connectivity index (χ2v) is 9.51. The van der Waals surface area contributed by atoms with Crippen molar-refractivity contribution < 1.29 is 9.21 Å². The van der Waals surface area contributed by atoms with Crippen LogP contribution in [0.15, 0.2) is 47.1 Å². The highest BCUT2D eigenvalue weighted by molar-refractivity contribution is 5.82. The normalized spacial score (nSPS) is 24.7. The molecule has 160 valence electrons. The van der Waals surface area contributed by atoms with Gasteiger partial charge in [0.1, 0.15) is 5.76 Å². The zero-order valence-corrected chi connectivity index (χ0v) is 18.1. The fraction of sp³-hybridized carbons (Fsp3) is 0.560. The Morgan fingerprint density at radius 1 is 1.03 bits per heavy atom. The van der Waals surface area contributed by atoms with Gasteiger partial charge in [-0.2, -0.15) is 0 Å². The average Bonchev–Trinajstić information content (AvgIpc) is 3.27. The van der Waals surface area contributed by atoms with Gasteiger partial charge in [0.2, 0.25) is 5.91 Å². The van der Waals surface area contributed by atoms with Crippen LogP contribution in [0.2, 0.25) is 0 Å². The summed E-state index contributed by atoms with van der Waals surface area (Å²) in [5, 5.41) is 0. The van der Waals surface area contributed by atoms with Crippen LogP contribution < -0.4 is 0 Å². The highest BCUT2D eigenvalue weighted by Crippen LogP contribution is 2.60. The molecule has 5 rings (SSSR count).